The SMILES string of the molecule is CCOc1cc2ncnc(Nc3ccc(F)c(Cl)c3)c2cc1NC(=O)/C=C/C1CCCN1. The zero-order chi connectivity index (χ0) is 22.5. The third-order valence-electron chi connectivity index (χ3n) is 5.06. The number of aromatic nitrogens is 2. The number of anilines is 3. The molecule has 3 aromatic rings. The molecule has 1 unspecified atom stereocenters. The van der Waals surface area contributed by atoms with E-state index in [9.17, 15) is 9.18 Å². The van der Waals surface area contributed by atoms with Crippen molar-refractivity contribution in [1.82, 2.24) is 15.3 Å². The van der Waals surface area contributed by atoms with Gasteiger partial charge in [0.1, 0.15) is 23.7 Å². The van der Waals surface area contributed by atoms with E-state index in [1.54, 1.807) is 18.2 Å². The minimum Gasteiger partial charge on any atom is -0.492 e. The number of nitrogens with zero attached hydrogens (tertiary/aromatic N) is 2. The van der Waals surface area contributed by atoms with Gasteiger partial charge in [-0.25, -0.2) is 14.4 Å². The van der Waals surface area contributed by atoms with Crippen molar-refractivity contribution in [3.63, 3.8) is 0 Å². The quantitative estimate of drug-likeness (QED) is 0.443. The van der Waals surface area contributed by atoms with E-state index >= 15 is 0 Å². The lowest BCUT2D eigenvalue weighted by Gasteiger charge is -2.14. The molecular formula is C23H23ClFN5O2. The zero-order valence-electron chi connectivity index (χ0n) is 17.5. The van der Waals surface area contributed by atoms with Crippen molar-refractivity contribution in [3.05, 3.63) is 59.7 Å². The van der Waals surface area contributed by atoms with E-state index in [-0.39, 0.29) is 17.0 Å². The van der Waals surface area contributed by atoms with Crippen LogP contribution in [0.1, 0.15) is 19.8 Å². The highest BCUT2D eigenvalue weighted by atomic mass is 35.5. The molecular weight excluding hydrogens is 433 g/mol. The Morgan fingerprint density at radius 2 is 2.22 bits per heavy atom. The van der Waals surface area contributed by atoms with E-state index in [1.165, 1.54) is 24.5 Å². The Hall–Kier alpha value is -3.23. The van der Waals surface area contributed by atoms with Gasteiger partial charge in [-0.15, -0.1) is 0 Å². The molecule has 2 aromatic carbocycles. The van der Waals surface area contributed by atoms with Crippen molar-refractivity contribution in [2.75, 3.05) is 23.8 Å². The highest BCUT2D eigenvalue weighted by molar-refractivity contribution is 6.31. The number of benzene rings is 2. The summed E-state index contributed by atoms with van der Waals surface area (Å²) in [6.07, 6.45) is 6.94. The molecule has 1 saturated heterocycles. The van der Waals surface area contributed by atoms with E-state index < -0.39 is 5.82 Å². The summed E-state index contributed by atoms with van der Waals surface area (Å²) in [5.74, 6) is 0.241. The summed E-state index contributed by atoms with van der Waals surface area (Å²) in [4.78, 5) is 21.1. The van der Waals surface area contributed by atoms with Gasteiger partial charge >= 0.3 is 0 Å². The maximum absolute atomic E-state index is 13.5. The van der Waals surface area contributed by atoms with Crippen LogP contribution in [0.25, 0.3) is 10.9 Å². The fourth-order valence-corrected chi connectivity index (χ4v) is 3.70. The van der Waals surface area contributed by atoms with Gasteiger partial charge in [0, 0.05) is 29.3 Å². The largest absolute Gasteiger partial charge is 0.492 e. The van der Waals surface area contributed by atoms with Gasteiger partial charge in [0.25, 0.3) is 0 Å². The smallest absolute Gasteiger partial charge is 0.248 e. The van der Waals surface area contributed by atoms with Gasteiger partial charge in [-0.1, -0.05) is 17.7 Å². The second kappa shape index (κ2) is 9.93. The molecule has 4 rings (SSSR count). The second-order valence-corrected chi connectivity index (χ2v) is 7.73. The predicted octanol–water partition coefficient (Wildman–Crippen LogP) is 4.81. The Morgan fingerprint density at radius 3 is 2.97 bits per heavy atom. The van der Waals surface area contributed by atoms with Crippen molar-refractivity contribution >= 4 is 45.6 Å². The van der Waals surface area contributed by atoms with Gasteiger partial charge in [0.05, 0.1) is 22.8 Å². The molecule has 2 heterocycles. The average molecular weight is 456 g/mol. The van der Waals surface area contributed by atoms with E-state index in [2.05, 4.69) is 25.9 Å². The van der Waals surface area contributed by atoms with Gasteiger partial charge in [-0.05, 0) is 50.6 Å². The number of halogens is 2. The lowest BCUT2D eigenvalue weighted by molar-refractivity contribution is -0.111. The molecule has 3 N–H and O–H groups in total. The van der Waals surface area contributed by atoms with Crippen molar-refractivity contribution in [2.45, 2.75) is 25.8 Å². The molecule has 1 aliphatic heterocycles. The van der Waals surface area contributed by atoms with Crippen LogP contribution in [0.3, 0.4) is 0 Å². The number of hydrogen-bond acceptors (Lipinski definition) is 6. The molecule has 0 radical (unpaired) electrons. The first-order valence-corrected chi connectivity index (χ1v) is 10.8. The first kappa shape index (κ1) is 22.0. The summed E-state index contributed by atoms with van der Waals surface area (Å²) in [5.41, 5.74) is 1.70. The third kappa shape index (κ3) is 5.15. The number of nitrogens with one attached hydrogen (secondary N) is 3. The van der Waals surface area contributed by atoms with Crippen LogP contribution in [0, 0.1) is 5.82 Å². The van der Waals surface area contributed by atoms with Crippen molar-refractivity contribution in [2.24, 2.45) is 0 Å². The van der Waals surface area contributed by atoms with Crippen LogP contribution in [-0.2, 0) is 4.79 Å². The van der Waals surface area contributed by atoms with Crippen LogP contribution in [0.4, 0.5) is 21.6 Å². The molecule has 1 aliphatic rings. The van der Waals surface area contributed by atoms with Gasteiger partial charge in [-0.3, -0.25) is 4.79 Å². The Labute approximate surface area is 190 Å². The first-order valence-electron chi connectivity index (χ1n) is 10.4. The van der Waals surface area contributed by atoms with Crippen LogP contribution in [0.5, 0.6) is 5.75 Å². The van der Waals surface area contributed by atoms with Crippen molar-refractivity contribution in [1.29, 1.82) is 0 Å². The number of rotatable bonds is 7. The van der Waals surface area contributed by atoms with Crippen LogP contribution < -0.4 is 20.7 Å². The van der Waals surface area contributed by atoms with E-state index in [0.29, 0.717) is 40.5 Å². The van der Waals surface area contributed by atoms with Crippen molar-refractivity contribution in [3.8, 4) is 5.75 Å². The van der Waals surface area contributed by atoms with Crippen LogP contribution in [-0.4, -0.2) is 35.1 Å². The number of fused-ring (bicyclic) bond motifs is 1. The van der Waals surface area contributed by atoms with Crippen LogP contribution in [0.2, 0.25) is 5.02 Å². The van der Waals surface area contributed by atoms with Gasteiger partial charge in [-0.2, -0.15) is 0 Å². The van der Waals surface area contributed by atoms with Gasteiger partial charge in [0.15, 0.2) is 0 Å². The first-order chi connectivity index (χ1) is 15.5. The predicted molar refractivity (Wildman–Crippen MR) is 124 cm³/mol. The van der Waals surface area contributed by atoms with E-state index in [0.717, 1.165) is 19.4 Å². The average Bonchev–Trinajstić information content (AvgIpc) is 3.30. The van der Waals surface area contributed by atoms with Crippen LogP contribution >= 0.6 is 11.6 Å². The van der Waals surface area contributed by atoms with E-state index in [4.69, 9.17) is 16.3 Å². The third-order valence-corrected chi connectivity index (χ3v) is 5.34. The molecule has 7 nitrogen and oxygen atoms in total. The maximum atomic E-state index is 13.5. The molecule has 1 atom stereocenters. The topological polar surface area (TPSA) is 88.2 Å². The van der Waals surface area contributed by atoms with Gasteiger partial charge < -0.3 is 20.7 Å². The molecule has 1 aromatic heterocycles. The summed E-state index contributed by atoms with van der Waals surface area (Å²) in [6.45, 7) is 3.26. The molecule has 1 fully saturated rings. The summed E-state index contributed by atoms with van der Waals surface area (Å²) < 4.78 is 19.2. The molecule has 166 valence electrons. The zero-order valence-corrected chi connectivity index (χ0v) is 18.2. The molecule has 9 heteroatoms. The Balaban J connectivity index is 1.64. The van der Waals surface area contributed by atoms with E-state index in [1.807, 2.05) is 13.0 Å². The van der Waals surface area contributed by atoms with Gasteiger partial charge in [0.2, 0.25) is 5.91 Å². The summed E-state index contributed by atoms with van der Waals surface area (Å²) in [7, 11) is 0. The van der Waals surface area contributed by atoms with Crippen molar-refractivity contribution < 1.29 is 13.9 Å². The van der Waals surface area contributed by atoms with Crippen LogP contribution in [0.15, 0.2) is 48.8 Å². The highest BCUT2D eigenvalue weighted by Gasteiger charge is 2.14. The normalized spacial score (nSPS) is 15.9. The molecule has 32 heavy (non-hydrogen) atoms. The monoisotopic (exact) mass is 455 g/mol. The molecule has 0 saturated carbocycles. The molecule has 0 bridgehead atoms. The Morgan fingerprint density at radius 1 is 1.34 bits per heavy atom. The minimum atomic E-state index is -0.503. The Kier molecular flexibility index (Phi) is 6.82. The lowest BCUT2D eigenvalue weighted by atomic mass is 10.1. The molecule has 0 aliphatic carbocycles. The number of amides is 1. The Bertz CT molecular complexity index is 1160. The number of carbonyl (C=O) groups is 1. The number of hydrogen-bond donors (Lipinski definition) is 3. The fourth-order valence-electron chi connectivity index (χ4n) is 3.52. The summed E-state index contributed by atoms with van der Waals surface area (Å²) >= 11 is 5.89. The molecule has 0 spiro atoms. The number of carbonyl (C=O) groups excluding carboxylic acids is 1. The standard InChI is InChI=1S/C23H23ClFN5O2/c1-2-32-21-12-19-16(11-20(21)30-22(31)8-6-14-4-3-9-26-14)23(28-13-27-19)29-15-5-7-18(25)17(24)10-15/h5-8,10-14,26H,2-4,9H2,1H3,(H,30,31)(H,27,28,29)/b8-6+. The maximum Gasteiger partial charge on any atom is 0.248 e. The molecule has 1 amide bonds. The highest BCUT2D eigenvalue weighted by Crippen LogP contribution is 2.34. The lowest BCUT2D eigenvalue weighted by Crippen LogP contribution is -2.19. The number of ether oxygens (including phenoxy) is 1. The fraction of sp³-hybridized carbons (Fsp3) is 0.261. The summed E-state index contributed by atoms with van der Waals surface area (Å²) in [5, 5.41) is 10.0. The minimum absolute atomic E-state index is 0.00323. The second-order valence-electron chi connectivity index (χ2n) is 7.33. The summed E-state index contributed by atoms with van der Waals surface area (Å²) in [6, 6.07) is 8.04.